The Labute approximate surface area is 113 Å². The van der Waals surface area contributed by atoms with E-state index in [4.69, 9.17) is 28.3 Å². The molecule has 0 aliphatic rings. The Balaban J connectivity index is 2.79. The molecule has 2 N–H and O–H groups in total. The number of hydrogen-bond acceptors (Lipinski definition) is 3. The van der Waals surface area contributed by atoms with Crippen LogP contribution < -0.4 is 0 Å². The molecule has 0 fully saturated rings. The summed E-state index contributed by atoms with van der Waals surface area (Å²) in [4.78, 5) is 21.6. The number of carbonyl (C=O) groups is 2. The molecule has 0 aromatic heterocycles. The molecule has 1 aromatic carbocycles. The Morgan fingerprint density at radius 3 is 2.33 bits per heavy atom. The largest absolute Gasteiger partial charge is 0.507 e. The number of carboxylic acids is 1. The second kappa shape index (κ2) is 6.42. The Bertz CT molecular complexity index is 509. The molecular formula is C12H10Cl2O4. The Kier molecular flexibility index (Phi) is 5.19. The smallest absolute Gasteiger partial charge is 0.303 e. The average molecular weight is 289 g/mol. The zero-order valence-corrected chi connectivity index (χ0v) is 10.7. The molecule has 0 saturated heterocycles. The van der Waals surface area contributed by atoms with Crippen LogP contribution in [-0.2, 0) is 9.59 Å². The van der Waals surface area contributed by atoms with Crippen molar-refractivity contribution in [3.8, 4) is 0 Å². The molecule has 0 spiro atoms. The fourth-order valence-electron chi connectivity index (χ4n) is 1.19. The third-order valence-electron chi connectivity index (χ3n) is 2.10. The van der Waals surface area contributed by atoms with E-state index in [0.717, 1.165) is 6.08 Å². The third-order valence-corrected chi connectivity index (χ3v) is 2.84. The number of hydrogen-bond donors (Lipinski definition) is 2. The number of carboxylic acid groups (broad SMARTS) is 1. The van der Waals surface area contributed by atoms with E-state index >= 15 is 0 Å². The Morgan fingerprint density at radius 2 is 1.78 bits per heavy atom. The lowest BCUT2D eigenvalue weighted by Crippen LogP contribution is -2.01. The first-order chi connectivity index (χ1) is 8.40. The number of allylic oxidation sites excluding steroid dienone is 1. The second-order valence-electron chi connectivity index (χ2n) is 3.52. The molecule has 0 aliphatic carbocycles. The predicted molar refractivity (Wildman–Crippen MR) is 68.9 cm³/mol. The molecule has 18 heavy (non-hydrogen) atoms. The van der Waals surface area contributed by atoms with Crippen molar-refractivity contribution in [3.63, 3.8) is 0 Å². The second-order valence-corrected chi connectivity index (χ2v) is 4.33. The molecule has 0 heterocycles. The van der Waals surface area contributed by atoms with Crippen LogP contribution in [0.2, 0.25) is 10.0 Å². The predicted octanol–water partition coefficient (Wildman–Crippen LogP) is 3.33. The van der Waals surface area contributed by atoms with Gasteiger partial charge in [0.15, 0.2) is 5.78 Å². The topological polar surface area (TPSA) is 74.6 Å². The minimum Gasteiger partial charge on any atom is -0.507 e. The zero-order valence-electron chi connectivity index (χ0n) is 9.19. The van der Waals surface area contributed by atoms with Crippen molar-refractivity contribution in [2.75, 3.05) is 0 Å². The summed E-state index contributed by atoms with van der Waals surface area (Å²) in [6.45, 7) is 0. The highest BCUT2D eigenvalue weighted by atomic mass is 35.5. The molecular weight excluding hydrogens is 279 g/mol. The molecule has 0 bridgehead atoms. The summed E-state index contributed by atoms with van der Waals surface area (Å²) in [5, 5.41) is 18.7. The van der Waals surface area contributed by atoms with E-state index in [0.29, 0.717) is 10.6 Å². The number of rotatable bonds is 5. The highest BCUT2D eigenvalue weighted by molar-refractivity contribution is 6.42. The van der Waals surface area contributed by atoms with Crippen molar-refractivity contribution in [2.45, 2.75) is 12.8 Å². The van der Waals surface area contributed by atoms with Crippen molar-refractivity contribution < 1.29 is 19.8 Å². The summed E-state index contributed by atoms with van der Waals surface area (Å²) in [5.74, 6) is -1.81. The Morgan fingerprint density at radius 1 is 1.11 bits per heavy atom. The van der Waals surface area contributed by atoms with Crippen molar-refractivity contribution in [2.24, 2.45) is 0 Å². The fraction of sp³-hybridized carbons (Fsp3) is 0.167. The van der Waals surface area contributed by atoms with Gasteiger partial charge < -0.3 is 10.2 Å². The van der Waals surface area contributed by atoms with Crippen LogP contribution >= 0.6 is 23.2 Å². The van der Waals surface area contributed by atoms with Crippen LogP contribution in [-0.4, -0.2) is 22.0 Å². The fourth-order valence-corrected chi connectivity index (χ4v) is 1.49. The number of aliphatic hydroxyl groups excluding tert-OH is 1. The van der Waals surface area contributed by atoms with Gasteiger partial charge in [-0.05, 0) is 18.2 Å². The number of aliphatic hydroxyl groups is 1. The van der Waals surface area contributed by atoms with Gasteiger partial charge in [0, 0.05) is 18.1 Å². The molecule has 0 amide bonds. The summed E-state index contributed by atoms with van der Waals surface area (Å²) in [6, 6.07) is 4.41. The highest BCUT2D eigenvalue weighted by Crippen LogP contribution is 2.25. The van der Waals surface area contributed by atoms with E-state index in [-0.39, 0.29) is 23.6 Å². The van der Waals surface area contributed by atoms with Crippen LogP contribution in [0.1, 0.15) is 18.4 Å². The molecule has 0 radical (unpaired) electrons. The molecule has 1 rings (SSSR count). The van der Waals surface area contributed by atoms with Gasteiger partial charge in [-0.2, -0.15) is 0 Å². The molecule has 0 aliphatic heterocycles. The van der Waals surface area contributed by atoms with Gasteiger partial charge >= 0.3 is 5.97 Å². The molecule has 0 saturated carbocycles. The van der Waals surface area contributed by atoms with Gasteiger partial charge in [-0.3, -0.25) is 9.59 Å². The highest BCUT2D eigenvalue weighted by Gasteiger charge is 2.07. The maximum Gasteiger partial charge on any atom is 0.303 e. The minimum absolute atomic E-state index is 0.166. The van der Waals surface area contributed by atoms with Crippen molar-refractivity contribution in [1.82, 2.24) is 0 Å². The van der Waals surface area contributed by atoms with E-state index in [9.17, 15) is 14.7 Å². The van der Waals surface area contributed by atoms with Crippen molar-refractivity contribution in [1.29, 1.82) is 0 Å². The van der Waals surface area contributed by atoms with Gasteiger partial charge in [0.1, 0.15) is 5.76 Å². The van der Waals surface area contributed by atoms with Crippen LogP contribution in [0.15, 0.2) is 24.3 Å². The first kappa shape index (κ1) is 14.5. The third kappa shape index (κ3) is 4.39. The van der Waals surface area contributed by atoms with Gasteiger partial charge in [0.05, 0.1) is 16.5 Å². The minimum atomic E-state index is -1.06. The standard InChI is InChI=1S/C12H10Cl2O4/c13-9-3-1-7(5-10(9)14)11(16)6-8(15)2-4-12(17)18/h1,3,5-6,16H,2,4H2,(H,17,18). The summed E-state index contributed by atoms with van der Waals surface area (Å²) in [7, 11) is 0. The van der Waals surface area contributed by atoms with Crippen molar-refractivity contribution >= 4 is 40.7 Å². The number of aliphatic carboxylic acids is 1. The average Bonchev–Trinajstić information content (AvgIpc) is 2.30. The number of ketones is 1. The van der Waals surface area contributed by atoms with Gasteiger partial charge in [0.25, 0.3) is 0 Å². The number of benzene rings is 1. The maximum absolute atomic E-state index is 11.3. The van der Waals surface area contributed by atoms with Gasteiger partial charge in [0.2, 0.25) is 0 Å². The van der Waals surface area contributed by atoms with Crippen molar-refractivity contribution in [3.05, 3.63) is 39.9 Å². The summed E-state index contributed by atoms with van der Waals surface area (Å²) >= 11 is 11.5. The van der Waals surface area contributed by atoms with E-state index in [1.807, 2.05) is 0 Å². The number of halogens is 2. The van der Waals surface area contributed by atoms with Crippen LogP contribution in [0.5, 0.6) is 0 Å². The molecule has 4 nitrogen and oxygen atoms in total. The molecule has 1 aromatic rings. The molecule has 0 unspecified atom stereocenters. The monoisotopic (exact) mass is 288 g/mol. The van der Waals surface area contributed by atoms with E-state index in [1.54, 1.807) is 0 Å². The quantitative estimate of drug-likeness (QED) is 0.644. The molecule has 96 valence electrons. The van der Waals surface area contributed by atoms with Crippen LogP contribution in [0, 0.1) is 0 Å². The van der Waals surface area contributed by atoms with E-state index in [1.165, 1.54) is 18.2 Å². The first-order valence-electron chi connectivity index (χ1n) is 5.01. The number of carbonyl (C=O) groups excluding carboxylic acids is 1. The summed E-state index contributed by atoms with van der Waals surface area (Å²) < 4.78 is 0. The molecule has 0 atom stereocenters. The lowest BCUT2D eigenvalue weighted by molar-refractivity contribution is -0.138. The lowest BCUT2D eigenvalue weighted by atomic mass is 10.1. The normalized spacial score (nSPS) is 11.3. The van der Waals surface area contributed by atoms with E-state index < -0.39 is 11.8 Å². The molecule has 6 heteroatoms. The van der Waals surface area contributed by atoms with E-state index in [2.05, 4.69) is 0 Å². The van der Waals surface area contributed by atoms with Gasteiger partial charge in [-0.25, -0.2) is 0 Å². The summed E-state index contributed by atoms with van der Waals surface area (Å²) in [5.41, 5.74) is 0.341. The van der Waals surface area contributed by atoms with Crippen LogP contribution in [0.25, 0.3) is 5.76 Å². The maximum atomic E-state index is 11.3. The van der Waals surface area contributed by atoms with Crippen LogP contribution in [0.4, 0.5) is 0 Å². The van der Waals surface area contributed by atoms with Gasteiger partial charge in [-0.15, -0.1) is 0 Å². The zero-order chi connectivity index (χ0) is 13.7. The SMILES string of the molecule is O=C(O)CCC(=O)C=C(O)c1ccc(Cl)c(Cl)c1. The Hall–Kier alpha value is -1.52. The lowest BCUT2D eigenvalue weighted by Gasteiger charge is -2.02. The van der Waals surface area contributed by atoms with Gasteiger partial charge in [-0.1, -0.05) is 23.2 Å². The van der Waals surface area contributed by atoms with Crippen LogP contribution in [0.3, 0.4) is 0 Å². The first-order valence-corrected chi connectivity index (χ1v) is 5.76. The summed E-state index contributed by atoms with van der Waals surface area (Å²) in [6.07, 6.45) is 0.535.